The van der Waals surface area contributed by atoms with E-state index in [4.69, 9.17) is 10.5 Å². The molecular weight excluding hydrogens is 470 g/mol. The summed E-state index contributed by atoms with van der Waals surface area (Å²) >= 11 is 12.3. The lowest BCUT2D eigenvalue weighted by Gasteiger charge is -2.13. The van der Waals surface area contributed by atoms with Crippen molar-refractivity contribution in [2.75, 3.05) is 6.61 Å². The molecule has 2 nitrogen and oxygen atoms in total. The molecule has 6 heteroatoms. The molecular formula is C14H12Br3NOS. The van der Waals surface area contributed by atoms with Crippen LogP contribution in [0.25, 0.3) is 0 Å². The molecule has 0 amide bonds. The lowest BCUT2D eigenvalue weighted by molar-refractivity contribution is 0.352. The number of nitrogens with two attached hydrogens (primary N) is 1. The van der Waals surface area contributed by atoms with Gasteiger partial charge in [0, 0.05) is 26.3 Å². The van der Waals surface area contributed by atoms with E-state index in [0.29, 0.717) is 0 Å². The maximum atomic E-state index is 6.35. The lowest BCUT2D eigenvalue weighted by Crippen LogP contribution is -2.12. The first-order chi connectivity index (χ1) is 9.54. The fourth-order valence-corrected chi connectivity index (χ4v) is 5.02. The van der Waals surface area contributed by atoms with Gasteiger partial charge in [-0.05, 0) is 67.6 Å². The van der Waals surface area contributed by atoms with Crippen molar-refractivity contribution in [2.24, 2.45) is 5.73 Å². The molecule has 0 radical (unpaired) electrons. The third kappa shape index (κ3) is 2.99. The van der Waals surface area contributed by atoms with Gasteiger partial charge in [0.25, 0.3) is 0 Å². The van der Waals surface area contributed by atoms with Gasteiger partial charge in [0.05, 0.1) is 10.4 Å². The van der Waals surface area contributed by atoms with Crippen LogP contribution in [0.15, 0.2) is 30.9 Å². The molecule has 20 heavy (non-hydrogen) atoms. The molecule has 0 bridgehead atoms. The molecule has 1 unspecified atom stereocenters. The van der Waals surface area contributed by atoms with Gasteiger partial charge in [0.1, 0.15) is 5.75 Å². The van der Waals surface area contributed by atoms with Crippen LogP contribution in [0.2, 0.25) is 0 Å². The van der Waals surface area contributed by atoms with Crippen LogP contribution in [0.4, 0.5) is 0 Å². The molecule has 2 N–H and O–H groups in total. The van der Waals surface area contributed by atoms with Crippen LogP contribution < -0.4 is 10.5 Å². The zero-order valence-corrected chi connectivity index (χ0v) is 16.0. The van der Waals surface area contributed by atoms with Crippen LogP contribution in [0.3, 0.4) is 0 Å². The maximum absolute atomic E-state index is 6.35. The number of rotatable bonds is 3. The van der Waals surface area contributed by atoms with E-state index in [1.165, 1.54) is 11.1 Å². The number of hydrogen-bond donors (Lipinski definition) is 1. The summed E-state index contributed by atoms with van der Waals surface area (Å²) in [5.74, 6) is 1.03. The SMILES string of the molecule is NC(Cc1cc(Br)cc2c1OCC2)c1cc(Br)c(Br)s1. The van der Waals surface area contributed by atoms with E-state index in [1.807, 2.05) is 0 Å². The summed E-state index contributed by atoms with van der Waals surface area (Å²) in [4.78, 5) is 1.16. The molecule has 1 aliphatic heterocycles. The molecule has 2 heterocycles. The second kappa shape index (κ2) is 6.08. The highest BCUT2D eigenvalue weighted by Gasteiger charge is 2.20. The minimum atomic E-state index is -0.0230. The average Bonchev–Trinajstić information content (AvgIpc) is 2.97. The van der Waals surface area contributed by atoms with Crippen LogP contribution in [-0.4, -0.2) is 6.61 Å². The van der Waals surface area contributed by atoms with E-state index in [0.717, 1.165) is 42.8 Å². The fraction of sp³-hybridized carbons (Fsp3) is 0.286. The van der Waals surface area contributed by atoms with Gasteiger partial charge in [-0.25, -0.2) is 0 Å². The van der Waals surface area contributed by atoms with Crippen molar-refractivity contribution < 1.29 is 4.74 Å². The molecule has 106 valence electrons. The molecule has 1 aliphatic rings. The quantitative estimate of drug-likeness (QED) is 0.653. The van der Waals surface area contributed by atoms with E-state index < -0.39 is 0 Å². The smallest absolute Gasteiger partial charge is 0.125 e. The number of hydrogen-bond acceptors (Lipinski definition) is 3. The second-order valence-electron chi connectivity index (χ2n) is 4.73. The molecule has 0 spiro atoms. The van der Waals surface area contributed by atoms with Gasteiger partial charge in [0.15, 0.2) is 0 Å². The first-order valence-corrected chi connectivity index (χ1v) is 9.38. The predicted molar refractivity (Wildman–Crippen MR) is 93.7 cm³/mol. The van der Waals surface area contributed by atoms with E-state index in [1.54, 1.807) is 11.3 Å². The Morgan fingerprint density at radius 2 is 2.05 bits per heavy atom. The van der Waals surface area contributed by atoms with E-state index in [2.05, 4.69) is 66.0 Å². The largest absolute Gasteiger partial charge is 0.493 e. The Labute approximate surface area is 147 Å². The highest BCUT2D eigenvalue weighted by atomic mass is 79.9. The highest BCUT2D eigenvalue weighted by molar-refractivity contribution is 9.13. The Hall–Kier alpha value is 0.120. The van der Waals surface area contributed by atoms with Crippen LogP contribution in [0.5, 0.6) is 5.75 Å². The zero-order valence-electron chi connectivity index (χ0n) is 10.5. The summed E-state index contributed by atoms with van der Waals surface area (Å²) < 4.78 is 8.99. The van der Waals surface area contributed by atoms with Crippen LogP contribution in [0, 0.1) is 0 Å². The van der Waals surface area contributed by atoms with Crippen molar-refractivity contribution in [3.05, 3.63) is 46.9 Å². The lowest BCUT2D eigenvalue weighted by atomic mass is 10.0. The van der Waals surface area contributed by atoms with E-state index >= 15 is 0 Å². The predicted octanol–water partition coefficient (Wildman–Crippen LogP) is 5.21. The summed E-state index contributed by atoms with van der Waals surface area (Å²) in [7, 11) is 0. The van der Waals surface area contributed by atoms with Crippen molar-refractivity contribution in [1.82, 2.24) is 0 Å². The first-order valence-electron chi connectivity index (χ1n) is 6.19. The topological polar surface area (TPSA) is 35.2 Å². The van der Waals surface area contributed by atoms with E-state index in [9.17, 15) is 0 Å². The molecule has 3 rings (SSSR count). The van der Waals surface area contributed by atoms with Crippen molar-refractivity contribution in [3.8, 4) is 5.75 Å². The third-order valence-electron chi connectivity index (χ3n) is 3.29. The Kier molecular flexibility index (Phi) is 4.57. The summed E-state index contributed by atoms with van der Waals surface area (Å²) in [6.07, 6.45) is 1.76. The number of halogens is 3. The Morgan fingerprint density at radius 3 is 2.75 bits per heavy atom. The number of benzene rings is 1. The van der Waals surface area contributed by atoms with Gasteiger partial charge in [-0.2, -0.15) is 0 Å². The minimum absolute atomic E-state index is 0.0230. The monoisotopic (exact) mass is 479 g/mol. The van der Waals surface area contributed by atoms with E-state index in [-0.39, 0.29) is 6.04 Å². The van der Waals surface area contributed by atoms with Crippen molar-refractivity contribution >= 4 is 59.1 Å². The Bertz CT molecular complexity index is 637. The van der Waals surface area contributed by atoms with Crippen LogP contribution >= 0.6 is 59.1 Å². The first kappa shape index (κ1) is 15.0. The summed E-state index contributed by atoms with van der Waals surface area (Å²) in [5, 5.41) is 0. The second-order valence-corrected chi connectivity index (χ2v) is 8.90. The van der Waals surface area contributed by atoms with Crippen molar-refractivity contribution in [2.45, 2.75) is 18.9 Å². The van der Waals surface area contributed by atoms with Gasteiger partial charge in [-0.15, -0.1) is 11.3 Å². The highest BCUT2D eigenvalue weighted by Crippen LogP contribution is 2.38. The maximum Gasteiger partial charge on any atom is 0.125 e. The Morgan fingerprint density at radius 1 is 1.25 bits per heavy atom. The van der Waals surface area contributed by atoms with Crippen LogP contribution in [-0.2, 0) is 12.8 Å². The van der Waals surface area contributed by atoms with Gasteiger partial charge in [-0.1, -0.05) is 15.9 Å². The van der Waals surface area contributed by atoms with Gasteiger partial charge < -0.3 is 10.5 Å². The molecule has 1 atom stereocenters. The molecule has 1 aromatic heterocycles. The van der Waals surface area contributed by atoms with Gasteiger partial charge in [-0.3, -0.25) is 0 Å². The van der Waals surface area contributed by atoms with Crippen molar-refractivity contribution in [3.63, 3.8) is 0 Å². The fourth-order valence-electron chi connectivity index (χ4n) is 2.38. The standard InChI is InChI=1S/C14H12Br3NOS/c15-9-3-7-1-2-19-13(7)8(4-9)5-11(18)12-6-10(16)14(17)20-12/h3-4,6,11H,1-2,5,18H2. The minimum Gasteiger partial charge on any atom is -0.493 e. The number of thiophene rings is 1. The van der Waals surface area contributed by atoms with Crippen LogP contribution in [0.1, 0.15) is 22.0 Å². The Balaban J connectivity index is 1.88. The molecule has 0 fully saturated rings. The summed E-state index contributed by atoms with van der Waals surface area (Å²) in [6, 6.07) is 6.31. The summed E-state index contributed by atoms with van der Waals surface area (Å²) in [6.45, 7) is 0.768. The zero-order chi connectivity index (χ0) is 14.3. The molecule has 2 aromatic rings. The molecule has 0 saturated heterocycles. The third-order valence-corrected chi connectivity index (χ3v) is 7.14. The van der Waals surface area contributed by atoms with Crippen molar-refractivity contribution in [1.29, 1.82) is 0 Å². The molecule has 0 saturated carbocycles. The van der Waals surface area contributed by atoms with Gasteiger partial charge >= 0.3 is 0 Å². The average molecular weight is 482 g/mol. The number of fused-ring (bicyclic) bond motifs is 1. The van der Waals surface area contributed by atoms with Gasteiger partial charge in [0.2, 0.25) is 0 Å². The molecule has 1 aromatic carbocycles. The summed E-state index contributed by atoms with van der Waals surface area (Å²) in [5.41, 5.74) is 8.81. The number of ether oxygens (including phenoxy) is 1. The normalized spacial score (nSPS) is 15.0. The molecule has 0 aliphatic carbocycles.